The van der Waals surface area contributed by atoms with E-state index in [2.05, 4.69) is 68.4 Å². The van der Waals surface area contributed by atoms with Gasteiger partial charge in [0.2, 0.25) is 0 Å². The lowest BCUT2D eigenvalue weighted by Crippen LogP contribution is -2.20. The van der Waals surface area contributed by atoms with Crippen molar-refractivity contribution in [2.24, 2.45) is 11.8 Å². The molecule has 2 heteroatoms. The summed E-state index contributed by atoms with van der Waals surface area (Å²) in [5.41, 5.74) is 3.81. The van der Waals surface area contributed by atoms with Crippen molar-refractivity contribution in [1.29, 1.82) is 5.26 Å². The fourth-order valence-electron chi connectivity index (χ4n) is 6.66. The van der Waals surface area contributed by atoms with Crippen molar-refractivity contribution in [3.8, 4) is 22.9 Å². The van der Waals surface area contributed by atoms with E-state index in [0.29, 0.717) is 18.3 Å². The molecular weight excluding hydrogens is 486 g/mol. The predicted molar refractivity (Wildman–Crippen MR) is 172 cm³/mol. The van der Waals surface area contributed by atoms with E-state index in [-0.39, 0.29) is 0 Å². The summed E-state index contributed by atoms with van der Waals surface area (Å²) in [6.07, 6.45) is 24.8. The van der Waals surface area contributed by atoms with Gasteiger partial charge >= 0.3 is 0 Å². The molecule has 1 saturated carbocycles. The van der Waals surface area contributed by atoms with Gasteiger partial charge in [-0.15, -0.1) is 0 Å². The van der Waals surface area contributed by atoms with Crippen LogP contribution in [-0.4, -0.2) is 6.61 Å². The second-order valence-corrected chi connectivity index (χ2v) is 12.4. The molecule has 2 nitrogen and oxygen atoms in total. The molecule has 40 heavy (non-hydrogen) atoms. The summed E-state index contributed by atoms with van der Waals surface area (Å²) in [5, 5.41) is 9.61. The summed E-state index contributed by atoms with van der Waals surface area (Å²) in [6.45, 7) is 5.37. The molecule has 0 N–H and O–H groups in total. The Balaban J connectivity index is 1.42. The molecule has 0 saturated heterocycles. The first kappa shape index (κ1) is 32.2. The zero-order chi connectivity index (χ0) is 28.3. The fraction of sp³-hybridized carbons (Fsp3) is 0.658. The molecule has 0 amide bonds. The highest BCUT2D eigenvalue weighted by atomic mass is 16.5. The van der Waals surface area contributed by atoms with Crippen LogP contribution in [0.25, 0.3) is 11.1 Å². The minimum Gasteiger partial charge on any atom is -0.494 e. The summed E-state index contributed by atoms with van der Waals surface area (Å²) in [4.78, 5) is 0. The topological polar surface area (TPSA) is 33.0 Å². The maximum Gasteiger partial charge on any atom is 0.119 e. The van der Waals surface area contributed by atoms with Crippen molar-refractivity contribution in [3.63, 3.8) is 0 Å². The van der Waals surface area contributed by atoms with Crippen LogP contribution in [0.1, 0.15) is 147 Å². The fourth-order valence-corrected chi connectivity index (χ4v) is 6.66. The van der Waals surface area contributed by atoms with Gasteiger partial charge in [0.05, 0.1) is 12.7 Å². The van der Waals surface area contributed by atoms with E-state index in [4.69, 9.17) is 4.74 Å². The van der Waals surface area contributed by atoms with E-state index >= 15 is 0 Å². The highest BCUT2D eigenvalue weighted by Crippen LogP contribution is 2.41. The van der Waals surface area contributed by atoms with Crippen LogP contribution >= 0.6 is 0 Å². The molecule has 220 valence electrons. The van der Waals surface area contributed by atoms with Crippen LogP contribution in [-0.2, 0) is 0 Å². The van der Waals surface area contributed by atoms with E-state index in [1.807, 2.05) is 0 Å². The van der Waals surface area contributed by atoms with Crippen molar-refractivity contribution in [1.82, 2.24) is 0 Å². The number of rotatable bonds is 20. The Kier molecular flexibility index (Phi) is 15.9. The van der Waals surface area contributed by atoms with Crippen LogP contribution < -0.4 is 4.74 Å². The molecule has 1 unspecified atom stereocenters. The highest BCUT2D eigenvalue weighted by molar-refractivity contribution is 5.64. The van der Waals surface area contributed by atoms with Gasteiger partial charge in [-0.3, -0.25) is 0 Å². The standard InChI is InChI=1S/C38H57NO/c1-3-5-7-9-10-11-13-15-31-40-37-27-25-34(26-28-37)33-21-23-36(24-22-33)38(29-30-39)35-19-17-32(18-20-35)16-14-12-8-6-4-2/h21-28,32,35,38H,3-20,29,31H2,1-2H3. The third-order valence-electron chi connectivity index (χ3n) is 9.28. The largest absolute Gasteiger partial charge is 0.494 e. The van der Waals surface area contributed by atoms with Gasteiger partial charge in [-0.25, -0.2) is 0 Å². The van der Waals surface area contributed by atoms with E-state index in [1.54, 1.807) is 0 Å². The summed E-state index contributed by atoms with van der Waals surface area (Å²) in [6, 6.07) is 20.1. The van der Waals surface area contributed by atoms with Crippen molar-refractivity contribution in [2.45, 2.75) is 142 Å². The van der Waals surface area contributed by atoms with Gasteiger partial charge in [-0.1, -0.05) is 147 Å². The Morgan fingerprint density at radius 3 is 1.77 bits per heavy atom. The quantitative estimate of drug-likeness (QED) is 0.156. The molecule has 0 radical (unpaired) electrons. The molecule has 2 aromatic carbocycles. The molecule has 0 aromatic heterocycles. The second kappa shape index (κ2) is 19.7. The summed E-state index contributed by atoms with van der Waals surface area (Å²) >= 11 is 0. The molecular formula is C38H57NO. The van der Waals surface area contributed by atoms with E-state index in [9.17, 15) is 5.26 Å². The predicted octanol–water partition coefficient (Wildman–Crippen LogP) is 12.0. The zero-order valence-corrected chi connectivity index (χ0v) is 25.8. The lowest BCUT2D eigenvalue weighted by Gasteiger charge is -2.33. The SMILES string of the molecule is CCCCCCCCCCOc1ccc(-c2ccc(C(CC#N)C3CCC(CCCCCCC)CC3)cc2)cc1. The zero-order valence-electron chi connectivity index (χ0n) is 25.8. The van der Waals surface area contributed by atoms with Gasteiger partial charge in [0.1, 0.15) is 5.75 Å². The third kappa shape index (κ3) is 11.7. The molecule has 3 rings (SSSR count). The number of hydrogen-bond acceptors (Lipinski definition) is 2. The van der Waals surface area contributed by atoms with Gasteiger partial charge in [0, 0.05) is 6.42 Å². The number of ether oxygens (including phenoxy) is 1. The Labute approximate surface area is 246 Å². The van der Waals surface area contributed by atoms with Gasteiger partial charge in [-0.2, -0.15) is 5.26 Å². The lowest BCUT2D eigenvalue weighted by atomic mass is 9.71. The summed E-state index contributed by atoms with van der Waals surface area (Å²) in [5.74, 6) is 2.90. The first-order valence-electron chi connectivity index (χ1n) is 16.9. The Morgan fingerprint density at radius 2 is 1.20 bits per heavy atom. The Bertz CT molecular complexity index is 933. The maximum atomic E-state index is 9.61. The number of nitriles is 1. The molecule has 0 spiro atoms. The van der Waals surface area contributed by atoms with E-state index < -0.39 is 0 Å². The Morgan fingerprint density at radius 1 is 0.675 bits per heavy atom. The minimum absolute atomic E-state index is 0.372. The van der Waals surface area contributed by atoms with E-state index in [0.717, 1.165) is 24.7 Å². The molecule has 0 bridgehead atoms. The van der Waals surface area contributed by atoms with Gasteiger partial charge in [0.25, 0.3) is 0 Å². The first-order chi connectivity index (χ1) is 19.7. The molecule has 2 aromatic rings. The van der Waals surface area contributed by atoms with Crippen LogP contribution in [0, 0.1) is 23.2 Å². The van der Waals surface area contributed by atoms with Crippen LogP contribution in [0.2, 0.25) is 0 Å². The molecule has 1 fully saturated rings. The Hall–Kier alpha value is -2.27. The van der Waals surface area contributed by atoms with Crippen LogP contribution in [0.3, 0.4) is 0 Å². The maximum absolute atomic E-state index is 9.61. The molecule has 1 aliphatic carbocycles. The molecule has 1 aliphatic rings. The second-order valence-electron chi connectivity index (χ2n) is 12.4. The monoisotopic (exact) mass is 543 g/mol. The van der Waals surface area contributed by atoms with E-state index in [1.165, 1.54) is 126 Å². The van der Waals surface area contributed by atoms with Crippen molar-refractivity contribution in [3.05, 3.63) is 54.1 Å². The number of nitrogens with zero attached hydrogens (tertiary/aromatic N) is 1. The number of hydrogen-bond donors (Lipinski definition) is 0. The van der Waals surface area contributed by atoms with Crippen molar-refractivity contribution in [2.75, 3.05) is 6.61 Å². The van der Waals surface area contributed by atoms with Crippen LogP contribution in [0.4, 0.5) is 0 Å². The third-order valence-corrected chi connectivity index (χ3v) is 9.28. The molecule has 0 aliphatic heterocycles. The molecule has 0 heterocycles. The van der Waals surface area contributed by atoms with Crippen LogP contribution in [0.5, 0.6) is 5.75 Å². The first-order valence-corrected chi connectivity index (χ1v) is 16.9. The highest BCUT2D eigenvalue weighted by Gasteiger charge is 2.28. The summed E-state index contributed by atoms with van der Waals surface area (Å²) in [7, 11) is 0. The average molecular weight is 544 g/mol. The molecule has 1 atom stereocenters. The van der Waals surface area contributed by atoms with Crippen LogP contribution in [0.15, 0.2) is 48.5 Å². The lowest BCUT2D eigenvalue weighted by molar-refractivity contribution is 0.230. The summed E-state index contributed by atoms with van der Waals surface area (Å²) < 4.78 is 6.00. The number of benzene rings is 2. The van der Waals surface area contributed by atoms with Crippen molar-refractivity contribution >= 4 is 0 Å². The normalized spacial score (nSPS) is 17.8. The van der Waals surface area contributed by atoms with Crippen molar-refractivity contribution < 1.29 is 4.74 Å². The average Bonchev–Trinajstić information content (AvgIpc) is 3.00. The van der Waals surface area contributed by atoms with Gasteiger partial charge in [0.15, 0.2) is 0 Å². The van der Waals surface area contributed by atoms with Gasteiger partial charge < -0.3 is 4.74 Å². The smallest absolute Gasteiger partial charge is 0.119 e. The number of unbranched alkanes of at least 4 members (excludes halogenated alkanes) is 11. The minimum atomic E-state index is 0.372. The van der Waals surface area contributed by atoms with Gasteiger partial charge in [-0.05, 0) is 65.8 Å².